The Bertz CT molecular complexity index is 1260. The van der Waals surface area contributed by atoms with Crippen molar-refractivity contribution in [1.29, 1.82) is 0 Å². The van der Waals surface area contributed by atoms with Gasteiger partial charge in [0.1, 0.15) is 23.6 Å². The van der Waals surface area contributed by atoms with Crippen molar-refractivity contribution in [3.63, 3.8) is 0 Å². The highest BCUT2D eigenvalue weighted by Gasteiger charge is 2.87. The quantitative estimate of drug-likeness (QED) is 0.342. The molecule has 44 heavy (non-hydrogen) atoms. The number of methoxy groups -OCH3 is 5. The maximum atomic E-state index is 13.7. The third-order valence-electron chi connectivity index (χ3n) is 13.1. The van der Waals surface area contributed by atoms with Gasteiger partial charge in [-0.25, -0.2) is 4.79 Å². The lowest BCUT2D eigenvalue weighted by Gasteiger charge is -2.69. The molecule has 1 saturated heterocycles. The fraction of sp³-hybridized carbons (Fsp3) is 0.788. The highest BCUT2D eigenvalue weighted by molar-refractivity contribution is 5.89. The van der Waals surface area contributed by atoms with Crippen LogP contribution in [0.4, 0.5) is 0 Å². The standard InChI is InChI=1S/C33H47NO10/c1-7-34-14-31(15-39-2)19(35)12-20(41-4)33-18-13-32(38)28(44-30(37)16-8-10-17(40-3)11-9-16)21(18)22(24(36)29(32)43-6)23(27(33)34)25(42-5)26(31)33/h8-11,18-29,35-36,38H,7,12-15H2,1-6H3/t18-,19?,20+,21+,22+,23+,24+,25+,26-,27-,28-,29+,31+,32+,33+/m1/s1. The molecule has 7 rings (SSSR count). The Balaban J connectivity index is 1.41. The Labute approximate surface area is 258 Å². The number of hydrogen-bond donors (Lipinski definition) is 3. The maximum Gasteiger partial charge on any atom is 0.338 e. The fourth-order valence-corrected chi connectivity index (χ4v) is 12.1. The van der Waals surface area contributed by atoms with E-state index in [2.05, 4.69) is 11.8 Å². The van der Waals surface area contributed by atoms with E-state index in [1.807, 2.05) is 0 Å². The van der Waals surface area contributed by atoms with Crippen molar-refractivity contribution in [1.82, 2.24) is 4.90 Å². The van der Waals surface area contributed by atoms with Gasteiger partial charge in [0.25, 0.3) is 0 Å². The lowest BCUT2D eigenvalue weighted by atomic mass is 9.43. The minimum atomic E-state index is -1.63. The van der Waals surface area contributed by atoms with Crippen LogP contribution in [-0.2, 0) is 23.7 Å². The van der Waals surface area contributed by atoms with E-state index in [1.54, 1.807) is 52.7 Å². The fourth-order valence-electron chi connectivity index (χ4n) is 12.1. The Morgan fingerprint density at radius 2 is 1.70 bits per heavy atom. The molecule has 5 aliphatic carbocycles. The number of fused-ring (bicyclic) bond motifs is 2. The van der Waals surface area contributed by atoms with E-state index in [0.29, 0.717) is 30.9 Å². The van der Waals surface area contributed by atoms with Crippen LogP contribution in [0.5, 0.6) is 5.75 Å². The summed E-state index contributed by atoms with van der Waals surface area (Å²) < 4.78 is 36.2. The number of nitrogens with zero attached hydrogens (tertiary/aromatic N) is 1. The highest BCUT2D eigenvalue weighted by Crippen LogP contribution is 2.79. The van der Waals surface area contributed by atoms with Crippen molar-refractivity contribution in [2.24, 2.45) is 40.4 Å². The minimum Gasteiger partial charge on any atom is -0.497 e. The first-order valence-corrected chi connectivity index (χ1v) is 15.9. The van der Waals surface area contributed by atoms with Crippen LogP contribution in [0.1, 0.15) is 30.1 Å². The summed E-state index contributed by atoms with van der Waals surface area (Å²) in [5.41, 5.74) is -2.50. The Kier molecular flexibility index (Phi) is 7.42. The van der Waals surface area contributed by atoms with Gasteiger partial charge in [0, 0.05) is 81.9 Å². The molecule has 6 aliphatic rings. The topological polar surface area (TPSA) is 136 Å². The van der Waals surface area contributed by atoms with E-state index in [9.17, 15) is 20.1 Å². The molecule has 7 bridgehead atoms. The molecule has 1 aromatic rings. The Morgan fingerprint density at radius 3 is 2.30 bits per heavy atom. The summed E-state index contributed by atoms with van der Waals surface area (Å²) in [5.74, 6) is -1.27. The predicted octanol–water partition coefficient (Wildman–Crippen LogP) is 0.971. The minimum absolute atomic E-state index is 0.0401. The number of ether oxygens (including phenoxy) is 6. The maximum absolute atomic E-state index is 13.7. The number of benzene rings is 1. The normalized spacial score (nSPS) is 50.0. The van der Waals surface area contributed by atoms with Crippen molar-refractivity contribution in [3.05, 3.63) is 29.8 Å². The molecule has 244 valence electrons. The van der Waals surface area contributed by atoms with E-state index in [1.165, 1.54) is 7.11 Å². The first kappa shape index (κ1) is 30.8. The molecule has 1 heterocycles. The highest BCUT2D eigenvalue weighted by atomic mass is 16.6. The van der Waals surface area contributed by atoms with Crippen LogP contribution in [0.2, 0.25) is 0 Å². The van der Waals surface area contributed by atoms with Gasteiger partial charge in [-0.1, -0.05) is 6.92 Å². The van der Waals surface area contributed by atoms with E-state index < -0.39 is 52.7 Å². The molecule has 1 spiro atoms. The van der Waals surface area contributed by atoms with Crippen LogP contribution in [-0.4, -0.2) is 130 Å². The van der Waals surface area contributed by atoms with E-state index in [0.717, 1.165) is 6.54 Å². The molecule has 1 aromatic carbocycles. The van der Waals surface area contributed by atoms with Gasteiger partial charge in [0.15, 0.2) is 0 Å². The monoisotopic (exact) mass is 617 g/mol. The van der Waals surface area contributed by atoms with Crippen molar-refractivity contribution >= 4 is 5.97 Å². The molecular weight excluding hydrogens is 570 g/mol. The number of carbonyl (C=O) groups excluding carboxylic acids is 1. The Hall–Kier alpha value is -1.83. The van der Waals surface area contributed by atoms with Gasteiger partial charge in [0.05, 0.1) is 43.7 Å². The lowest BCUT2D eigenvalue weighted by Crippen LogP contribution is -2.77. The average Bonchev–Trinajstić information content (AvgIpc) is 3.36. The molecule has 11 heteroatoms. The zero-order valence-electron chi connectivity index (χ0n) is 26.4. The van der Waals surface area contributed by atoms with Gasteiger partial charge in [-0.2, -0.15) is 0 Å². The van der Waals surface area contributed by atoms with Gasteiger partial charge >= 0.3 is 5.97 Å². The van der Waals surface area contributed by atoms with Crippen LogP contribution in [0.25, 0.3) is 0 Å². The average molecular weight is 618 g/mol. The first-order chi connectivity index (χ1) is 21.1. The summed E-state index contributed by atoms with van der Waals surface area (Å²) >= 11 is 0. The molecule has 5 saturated carbocycles. The molecule has 1 aliphatic heterocycles. The number of piperidine rings is 1. The zero-order valence-corrected chi connectivity index (χ0v) is 26.4. The SMILES string of the molecule is CCN1C[C@]2(COC)C(O)C[C@H](OC)[C@@]34[C@@H]5C[C@]6(O)[C@H](OC(=O)c7ccc(OC)cc7)[C@@H]5[C@H]([C@H](O)[C@@H]6OC)[C@@H]([C@H](OC)[C@H]23)[C@@H]14. The van der Waals surface area contributed by atoms with Crippen LogP contribution >= 0.6 is 0 Å². The molecule has 11 nitrogen and oxygen atoms in total. The summed E-state index contributed by atoms with van der Waals surface area (Å²) in [4.78, 5) is 16.1. The lowest BCUT2D eigenvalue weighted by molar-refractivity contribution is -0.285. The number of hydrogen-bond acceptors (Lipinski definition) is 11. The van der Waals surface area contributed by atoms with E-state index in [-0.39, 0.29) is 48.3 Å². The number of aliphatic hydroxyl groups excluding tert-OH is 2. The smallest absolute Gasteiger partial charge is 0.338 e. The van der Waals surface area contributed by atoms with E-state index in [4.69, 9.17) is 28.4 Å². The largest absolute Gasteiger partial charge is 0.497 e. The second-order valence-electron chi connectivity index (χ2n) is 14.1. The van der Waals surface area contributed by atoms with Crippen molar-refractivity contribution in [2.45, 2.75) is 68.0 Å². The van der Waals surface area contributed by atoms with Crippen LogP contribution < -0.4 is 4.74 Å². The summed E-state index contributed by atoms with van der Waals surface area (Å²) in [5, 5.41) is 36.6. The number of rotatable bonds is 9. The second kappa shape index (κ2) is 10.6. The van der Waals surface area contributed by atoms with Crippen molar-refractivity contribution in [3.8, 4) is 5.75 Å². The summed E-state index contributed by atoms with van der Waals surface area (Å²) in [6.45, 7) is 3.84. The Morgan fingerprint density at radius 1 is 0.977 bits per heavy atom. The molecule has 3 N–H and O–H groups in total. The van der Waals surface area contributed by atoms with Gasteiger partial charge in [-0.05, 0) is 43.1 Å². The van der Waals surface area contributed by atoms with Gasteiger partial charge in [-0.3, -0.25) is 4.90 Å². The van der Waals surface area contributed by atoms with Gasteiger partial charge in [0.2, 0.25) is 0 Å². The second-order valence-corrected chi connectivity index (χ2v) is 14.1. The van der Waals surface area contributed by atoms with Crippen LogP contribution in [0, 0.1) is 40.4 Å². The summed E-state index contributed by atoms with van der Waals surface area (Å²) in [6.07, 6.45) is -3.60. The van der Waals surface area contributed by atoms with E-state index >= 15 is 0 Å². The van der Waals surface area contributed by atoms with Crippen molar-refractivity contribution < 1.29 is 48.5 Å². The van der Waals surface area contributed by atoms with Gasteiger partial charge < -0.3 is 43.7 Å². The summed E-state index contributed by atoms with van der Waals surface area (Å²) in [6, 6.07) is 6.66. The number of likely N-dealkylation sites (tertiary alicyclic amines) is 1. The zero-order chi connectivity index (χ0) is 31.3. The summed E-state index contributed by atoms with van der Waals surface area (Å²) in [7, 11) is 8.15. The van der Waals surface area contributed by atoms with Crippen molar-refractivity contribution in [2.75, 3.05) is 55.2 Å². The molecule has 1 unspecified atom stereocenters. The third-order valence-corrected chi connectivity index (χ3v) is 13.1. The first-order valence-electron chi connectivity index (χ1n) is 15.9. The predicted molar refractivity (Wildman–Crippen MR) is 156 cm³/mol. The molecule has 0 amide bonds. The third kappa shape index (κ3) is 3.53. The molecule has 0 radical (unpaired) electrons. The molecule has 6 fully saturated rings. The molecular formula is C33H47NO10. The number of aliphatic hydroxyl groups is 3. The molecule has 15 atom stereocenters. The van der Waals surface area contributed by atoms with Crippen LogP contribution in [0.3, 0.4) is 0 Å². The number of esters is 1. The van der Waals surface area contributed by atoms with Crippen LogP contribution in [0.15, 0.2) is 24.3 Å². The van der Waals surface area contributed by atoms with Gasteiger partial charge in [-0.15, -0.1) is 0 Å². The number of carbonyl (C=O) groups is 1. The molecule has 0 aromatic heterocycles.